The molecule has 0 amide bonds. The molecule has 1 radical (unpaired) electrons. The fourth-order valence-electron chi connectivity index (χ4n) is 2.72. The van der Waals surface area contributed by atoms with Crippen molar-refractivity contribution in [1.82, 2.24) is 0 Å². The Labute approximate surface area is 103 Å². The topological polar surface area (TPSA) is 0 Å². The molecular weight excluding hydrogens is 204 g/mol. The van der Waals surface area contributed by atoms with Crippen molar-refractivity contribution in [3.8, 4) is 11.1 Å². The van der Waals surface area contributed by atoms with E-state index in [2.05, 4.69) is 56.3 Å². The largest absolute Gasteiger partial charge is 0.0619 e. The zero-order chi connectivity index (χ0) is 11.8. The second kappa shape index (κ2) is 4.03. The molecule has 1 aliphatic carbocycles. The Hall–Kier alpha value is -1.56. The smallest absolute Gasteiger partial charge is 0.00134 e. The van der Waals surface area contributed by atoms with Crippen LogP contribution in [0.4, 0.5) is 0 Å². The van der Waals surface area contributed by atoms with Crippen LogP contribution in [0.3, 0.4) is 0 Å². The first-order chi connectivity index (χ1) is 8.24. The summed E-state index contributed by atoms with van der Waals surface area (Å²) in [5.41, 5.74) is 7.25. The molecule has 0 nitrogen and oxygen atoms in total. The van der Waals surface area contributed by atoms with E-state index in [9.17, 15) is 0 Å². The van der Waals surface area contributed by atoms with Crippen LogP contribution in [0.15, 0.2) is 42.5 Å². The molecule has 17 heavy (non-hydrogen) atoms. The molecule has 0 saturated carbocycles. The van der Waals surface area contributed by atoms with Gasteiger partial charge in [0, 0.05) is 0 Å². The summed E-state index contributed by atoms with van der Waals surface area (Å²) in [6.45, 7) is 4.39. The van der Waals surface area contributed by atoms with E-state index in [1.54, 1.807) is 0 Å². The quantitative estimate of drug-likeness (QED) is 0.601. The summed E-state index contributed by atoms with van der Waals surface area (Å²) in [5, 5.41) is 0. The van der Waals surface area contributed by atoms with Gasteiger partial charge in [-0.2, -0.15) is 0 Å². The number of fused-ring (bicyclic) bond motifs is 3. The third-order valence-electron chi connectivity index (χ3n) is 3.42. The van der Waals surface area contributed by atoms with Crippen molar-refractivity contribution >= 4 is 0 Å². The summed E-state index contributed by atoms with van der Waals surface area (Å²) in [6, 6.07) is 15.7. The fraction of sp³-hybridized carbons (Fsp3) is 0.235. The maximum absolute atomic E-state index is 2.38. The van der Waals surface area contributed by atoms with Crippen LogP contribution in [0.2, 0.25) is 0 Å². The van der Waals surface area contributed by atoms with Crippen molar-refractivity contribution in [1.29, 1.82) is 0 Å². The molecule has 1 aliphatic rings. The van der Waals surface area contributed by atoms with Gasteiger partial charge >= 0.3 is 0 Å². The van der Waals surface area contributed by atoms with E-state index in [1.165, 1.54) is 33.7 Å². The predicted octanol–water partition coefficient (Wildman–Crippen LogP) is 4.41. The third kappa shape index (κ3) is 1.88. The molecule has 0 fully saturated rings. The fourth-order valence-corrected chi connectivity index (χ4v) is 2.72. The van der Waals surface area contributed by atoms with Gasteiger partial charge in [-0.3, -0.25) is 0 Å². The van der Waals surface area contributed by atoms with Crippen LogP contribution in [-0.4, -0.2) is 0 Å². The third-order valence-corrected chi connectivity index (χ3v) is 3.42. The molecule has 0 unspecified atom stereocenters. The number of rotatable bonds is 2. The molecule has 85 valence electrons. The van der Waals surface area contributed by atoms with Crippen molar-refractivity contribution in [3.63, 3.8) is 0 Å². The Morgan fingerprint density at radius 3 is 2.53 bits per heavy atom. The second-order valence-electron chi connectivity index (χ2n) is 5.21. The molecule has 0 heterocycles. The van der Waals surface area contributed by atoms with Crippen molar-refractivity contribution in [2.24, 2.45) is 0 Å². The lowest BCUT2D eigenvalue weighted by molar-refractivity contribution is 0.954. The van der Waals surface area contributed by atoms with Crippen molar-refractivity contribution in [3.05, 3.63) is 65.1 Å². The van der Waals surface area contributed by atoms with Gasteiger partial charge in [0.05, 0.1) is 0 Å². The first kappa shape index (κ1) is 10.6. The predicted molar refractivity (Wildman–Crippen MR) is 73.0 cm³/mol. The molecule has 3 rings (SSSR count). The van der Waals surface area contributed by atoms with E-state index in [0.717, 1.165) is 12.8 Å². The second-order valence-corrected chi connectivity index (χ2v) is 5.21. The van der Waals surface area contributed by atoms with Crippen LogP contribution in [0, 0.1) is 5.92 Å². The Morgan fingerprint density at radius 2 is 1.71 bits per heavy atom. The summed E-state index contributed by atoms with van der Waals surface area (Å²) in [4.78, 5) is 0. The molecule has 2 aromatic carbocycles. The van der Waals surface area contributed by atoms with Crippen LogP contribution in [0.5, 0.6) is 0 Å². The van der Waals surface area contributed by atoms with E-state index in [1.807, 2.05) is 0 Å². The Morgan fingerprint density at radius 1 is 0.941 bits per heavy atom. The van der Waals surface area contributed by atoms with Gasteiger partial charge in [0.25, 0.3) is 0 Å². The Kier molecular flexibility index (Phi) is 2.51. The molecule has 0 atom stereocenters. The molecule has 0 aliphatic heterocycles. The van der Waals surface area contributed by atoms with Gasteiger partial charge < -0.3 is 0 Å². The van der Waals surface area contributed by atoms with Crippen LogP contribution >= 0.6 is 0 Å². The summed E-state index contributed by atoms with van der Waals surface area (Å²) >= 11 is 0. The highest BCUT2D eigenvalue weighted by atomic mass is 14.2. The molecule has 0 N–H and O–H groups in total. The summed E-state index contributed by atoms with van der Waals surface area (Å²) in [7, 11) is 0. The zero-order valence-electron chi connectivity index (χ0n) is 10.5. The molecule has 0 saturated heterocycles. The standard InChI is InChI=1S/C17H17/c1-12(2)9-13-7-8-17-15(10-13)11-14-5-3-4-6-16(14)17/h3-8,10H,9,11H2,1-2H3. The maximum atomic E-state index is 2.38. The van der Waals surface area contributed by atoms with Crippen LogP contribution in [-0.2, 0) is 12.8 Å². The lowest BCUT2D eigenvalue weighted by Crippen LogP contribution is -1.93. The molecule has 0 spiro atoms. The minimum absolute atomic E-state index is 1.10. The van der Waals surface area contributed by atoms with E-state index in [-0.39, 0.29) is 0 Å². The van der Waals surface area contributed by atoms with Crippen LogP contribution in [0.25, 0.3) is 11.1 Å². The SMILES string of the molecule is C[C](C)Cc1ccc2c(c1)Cc1ccccc1-2. The minimum Gasteiger partial charge on any atom is -0.0619 e. The van der Waals surface area contributed by atoms with Gasteiger partial charge in [-0.15, -0.1) is 0 Å². The molecule has 2 aromatic rings. The average Bonchev–Trinajstić information content (AvgIpc) is 2.65. The van der Waals surface area contributed by atoms with Crippen LogP contribution in [0.1, 0.15) is 30.5 Å². The monoisotopic (exact) mass is 221 g/mol. The summed E-state index contributed by atoms with van der Waals surface area (Å²) in [6.07, 6.45) is 2.20. The van der Waals surface area contributed by atoms with Crippen molar-refractivity contribution in [2.75, 3.05) is 0 Å². The number of hydrogen-bond acceptors (Lipinski definition) is 0. The highest BCUT2D eigenvalue weighted by Crippen LogP contribution is 2.36. The van der Waals surface area contributed by atoms with Gasteiger partial charge in [-0.1, -0.05) is 56.3 Å². The molecule has 0 heteroatoms. The van der Waals surface area contributed by atoms with Gasteiger partial charge in [0.2, 0.25) is 0 Å². The Bertz CT molecular complexity index is 550. The van der Waals surface area contributed by atoms with Gasteiger partial charge in [-0.05, 0) is 46.6 Å². The highest BCUT2D eigenvalue weighted by molar-refractivity contribution is 5.76. The lowest BCUT2D eigenvalue weighted by atomic mass is 9.98. The molecular formula is C17H17. The van der Waals surface area contributed by atoms with Crippen molar-refractivity contribution in [2.45, 2.75) is 26.7 Å². The lowest BCUT2D eigenvalue weighted by Gasteiger charge is -2.07. The zero-order valence-corrected chi connectivity index (χ0v) is 10.5. The first-order valence-electron chi connectivity index (χ1n) is 6.23. The van der Waals surface area contributed by atoms with E-state index in [0.29, 0.717) is 0 Å². The molecule has 0 aromatic heterocycles. The van der Waals surface area contributed by atoms with E-state index >= 15 is 0 Å². The average molecular weight is 221 g/mol. The van der Waals surface area contributed by atoms with Gasteiger partial charge in [0.15, 0.2) is 0 Å². The Balaban J connectivity index is 2.01. The highest BCUT2D eigenvalue weighted by Gasteiger charge is 2.17. The normalized spacial score (nSPS) is 12.6. The van der Waals surface area contributed by atoms with E-state index < -0.39 is 0 Å². The maximum Gasteiger partial charge on any atom is -0.00134 e. The summed E-state index contributed by atoms with van der Waals surface area (Å²) in [5.74, 6) is 1.47. The number of benzene rings is 2. The number of hydrogen-bond donors (Lipinski definition) is 0. The molecule has 0 bridgehead atoms. The summed E-state index contributed by atoms with van der Waals surface area (Å²) < 4.78 is 0. The van der Waals surface area contributed by atoms with Crippen LogP contribution < -0.4 is 0 Å². The van der Waals surface area contributed by atoms with Crippen molar-refractivity contribution < 1.29 is 0 Å². The van der Waals surface area contributed by atoms with Gasteiger partial charge in [0.1, 0.15) is 0 Å². The minimum atomic E-state index is 1.10. The van der Waals surface area contributed by atoms with E-state index in [4.69, 9.17) is 0 Å². The first-order valence-corrected chi connectivity index (χ1v) is 6.23. The van der Waals surface area contributed by atoms with Gasteiger partial charge in [-0.25, -0.2) is 0 Å².